The number of hydrogen-bond acceptors (Lipinski definition) is 9. The number of alkyl carbamates (subject to hydrolysis) is 2. The van der Waals surface area contributed by atoms with Crippen molar-refractivity contribution in [2.75, 3.05) is 13.1 Å². The van der Waals surface area contributed by atoms with Crippen molar-refractivity contribution in [2.24, 2.45) is 4.99 Å². The monoisotopic (exact) mass is 751 g/mol. The smallest absolute Gasteiger partial charge is 0.437 e. The molecule has 1 aliphatic heterocycles. The van der Waals surface area contributed by atoms with Crippen molar-refractivity contribution in [2.45, 2.75) is 129 Å². The number of rotatable bonds is 11. The minimum Gasteiger partial charge on any atom is -0.444 e. The molecule has 1 saturated heterocycles. The van der Waals surface area contributed by atoms with Crippen molar-refractivity contribution in [3.8, 4) is 0 Å². The van der Waals surface area contributed by atoms with E-state index in [1.807, 2.05) is 48.5 Å². The van der Waals surface area contributed by atoms with E-state index in [1.165, 1.54) is 4.90 Å². The van der Waals surface area contributed by atoms with Crippen LogP contribution in [0.25, 0.3) is 0 Å². The SMILES string of the molecule is CC(C)(C)OC(=O)/N=C(\NCCC[C@H](NC(=O)OC(C)(C)C)C(=O)N1CCC[C@H]1C(=O)N[C@@H](Cc1ccccn1)c1ccccc1)NC(=O)OC(C)(C)C. The average molecular weight is 752 g/mol. The summed E-state index contributed by atoms with van der Waals surface area (Å²) in [5.74, 6) is -0.954. The predicted octanol–water partition coefficient (Wildman–Crippen LogP) is 5.55. The van der Waals surface area contributed by atoms with Crippen LogP contribution in [0.4, 0.5) is 14.4 Å². The lowest BCUT2D eigenvalue weighted by molar-refractivity contribution is -0.140. The van der Waals surface area contributed by atoms with E-state index in [0.29, 0.717) is 25.8 Å². The molecule has 3 atom stereocenters. The first-order valence-corrected chi connectivity index (χ1v) is 18.3. The third-order valence-electron chi connectivity index (χ3n) is 7.66. The molecule has 0 unspecified atom stereocenters. The summed E-state index contributed by atoms with van der Waals surface area (Å²) in [4.78, 5) is 75.8. The van der Waals surface area contributed by atoms with Crippen LogP contribution in [0.3, 0.4) is 0 Å². The molecule has 1 aromatic heterocycles. The van der Waals surface area contributed by atoms with Gasteiger partial charge >= 0.3 is 18.3 Å². The van der Waals surface area contributed by atoms with Gasteiger partial charge in [-0.2, -0.15) is 0 Å². The van der Waals surface area contributed by atoms with Gasteiger partial charge in [-0.1, -0.05) is 36.4 Å². The van der Waals surface area contributed by atoms with Crippen molar-refractivity contribution < 1.29 is 38.2 Å². The Bertz CT molecular complexity index is 1600. The number of benzene rings is 1. The van der Waals surface area contributed by atoms with Crippen molar-refractivity contribution in [3.63, 3.8) is 0 Å². The van der Waals surface area contributed by atoms with E-state index in [1.54, 1.807) is 68.5 Å². The molecule has 15 nitrogen and oxygen atoms in total. The number of hydrogen-bond donors (Lipinski definition) is 4. The van der Waals surface area contributed by atoms with Crippen LogP contribution < -0.4 is 21.3 Å². The van der Waals surface area contributed by atoms with Gasteiger partial charge in [0, 0.05) is 31.4 Å². The van der Waals surface area contributed by atoms with Crippen molar-refractivity contribution in [3.05, 3.63) is 66.0 Å². The van der Waals surface area contributed by atoms with Gasteiger partial charge in [0.2, 0.25) is 17.8 Å². The van der Waals surface area contributed by atoms with Crippen molar-refractivity contribution >= 4 is 36.1 Å². The van der Waals surface area contributed by atoms with Gasteiger partial charge in [-0.15, -0.1) is 4.99 Å². The van der Waals surface area contributed by atoms with Crippen molar-refractivity contribution in [1.82, 2.24) is 31.2 Å². The molecule has 1 fully saturated rings. The third-order valence-corrected chi connectivity index (χ3v) is 7.66. The molecule has 1 aromatic carbocycles. The summed E-state index contributed by atoms with van der Waals surface area (Å²) in [5, 5.41) is 11.2. The molecular formula is C39H57N7O8. The predicted molar refractivity (Wildman–Crippen MR) is 203 cm³/mol. The number of carbonyl (C=O) groups is 5. The average Bonchev–Trinajstić information content (AvgIpc) is 3.54. The van der Waals surface area contributed by atoms with Gasteiger partial charge in [0.15, 0.2) is 0 Å². The number of guanidine groups is 1. The van der Waals surface area contributed by atoms with Crippen LogP contribution in [0, 0.1) is 0 Å². The van der Waals surface area contributed by atoms with Crippen LogP contribution >= 0.6 is 0 Å². The van der Waals surface area contributed by atoms with E-state index in [0.717, 1.165) is 11.3 Å². The first-order valence-electron chi connectivity index (χ1n) is 18.3. The van der Waals surface area contributed by atoms with Crippen LogP contribution in [-0.2, 0) is 30.2 Å². The summed E-state index contributed by atoms with van der Waals surface area (Å²) in [6, 6.07) is 13.0. The number of amides is 5. The highest BCUT2D eigenvalue weighted by molar-refractivity contribution is 5.99. The Hall–Kier alpha value is -5.21. The maximum atomic E-state index is 14.2. The van der Waals surface area contributed by atoms with Crippen molar-refractivity contribution in [1.29, 1.82) is 0 Å². The lowest BCUT2D eigenvalue weighted by Crippen LogP contribution is -2.54. The summed E-state index contributed by atoms with van der Waals surface area (Å²) in [6.07, 6.45) is 1.02. The number of carbonyl (C=O) groups excluding carboxylic acids is 5. The van der Waals surface area contributed by atoms with E-state index in [2.05, 4.69) is 31.2 Å². The van der Waals surface area contributed by atoms with Crippen LogP contribution in [0.15, 0.2) is 59.7 Å². The molecule has 3 rings (SSSR count). The fourth-order valence-electron chi connectivity index (χ4n) is 5.54. The fourth-order valence-corrected chi connectivity index (χ4v) is 5.54. The summed E-state index contributed by atoms with van der Waals surface area (Å²) in [6.45, 7) is 15.7. The summed E-state index contributed by atoms with van der Waals surface area (Å²) >= 11 is 0. The number of ether oxygens (including phenoxy) is 3. The first-order chi connectivity index (χ1) is 25.2. The van der Waals surface area contributed by atoms with E-state index in [-0.39, 0.29) is 31.3 Å². The highest BCUT2D eigenvalue weighted by Gasteiger charge is 2.39. The largest absolute Gasteiger partial charge is 0.444 e. The summed E-state index contributed by atoms with van der Waals surface area (Å²) < 4.78 is 16.0. The molecule has 5 amide bonds. The third kappa shape index (κ3) is 15.8. The van der Waals surface area contributed by atoms with E-state index in [4.69, 9.17) is 14.2 Å². The van der Waals surface area contributed by atoms with Crippen LogP contribution in [0.1, 0.15) is 105 Å². The second-order valence-corrected chi connectivity index (χ2v) is 16.0. The molecule has 0 radical (unpaired) electrons. The number of aliphatic imine (C=N–C) groups is 1. The topological polar surface area (TPSA) is 190 Å². The van der Waals surface area contributed by atoms with Gasteiger partial charge in [0.25, 0.3) is 0 Å². The molecule has 54 heavy (non-hydrogen) atoms. The second-order valence-electron chi connectivity index (χ2n) is 16.0. The maximum Gasteiger partial charge on any atom is 0.437 e. The Morgan fingerprint density at radius 1 is 0.833 bits per heavy atom. The quantitative estimate of drug-likeness (QED) is 0.0981. The van der Waals surface area contributed by atoms with Gasteiger partial charge in [0.05, 0.1) is 6.04 Å². The van der Waals surface area contributed by atoms with Crippen LogP contribution in [0.5, 0.6) is 0 Å². The maximum absolute atomic E-state index is 14.2. The Morgan fingerprint density at radius 2 is 1.46 bits per heavy atom. The number of likely N-dealkylation sites (tertiary alicyclic amines) is 1. The molecular weight excluding hydrogens is 694 g/mol. The normalized spacial score (nSPS) is 16.1. The van der Waals surface area contributed by atoms with Gasteiger partial charge < -0.3 is 35.1 Å². The molecule has 0 bridgehead atoms. The van der Waals surface area contributed by atoms with E-state index >= 15 is 0 Å². The van der Waals surface area contributed by atoms with Gasteiger partial charge in [0.1, 0.15) is 28.9 Å². The minimum atomic E-state index is -1.06. The first kappa shape index (κ1) is 43.2. The zero-order chi connectivity index (χ0) is 40.1. The van der Waals surface area contributed by atoms with Gasteiger partial charge in [-0.3, -0.25) is 19.9 Å². The molecule has 15 heteroatoms. The lowest BCUT2D eigenvalue weighted by Gasteiger charge is -2.30. The Labute approximate surface area is 318 Å². The fraction of sp³-hybridized carbons (Fsp3) is 0.564. The zero-order valence-electron chi connectivity index (χ0n) is 33.0. The Morgan fingerprint density at radius 3 is 2.07 bits per heavy atom. The number of nitrogens with zero attached hydrogens (tertiary/aromatic N) is 3. The highest BCUT2D eigenvalue weighted by Crippen LogP contribution is 2.23. The number of aromatic nitrogens is 1. The zero-order valence-corrected chi connectivity index (χ0v) is 33.0. The van der Waals surface area contributed by atoms with Gasteiger partial charge in [-0.25, -0.2) is 14.4 Å². The molecule has 4 N–H and O–H groups in total. The molecule has 1 aliphatic rings. The molecule has 0 aliphatic carbocycles. The molecule has 2 heterocycles. The Kier molecular flexibility index (Phi) is 15.4. The molecule has 2 aromatic rings. The lowest BCUT2D eigenvalue weighted by atomic mass is 10.0. The van der Waals surface area contributed by atoms with Crippen LogP contribution in [0.2, 0.25) is 0 Å². The molecule has 0 spiro atoms. The Balaban J connectivity index is 1.76. The second kappa shape index (κ2) is 19.2. The molecule has 296 valence electrons. The number of pyridine rings is 1. The highest BCUT2D eigenvalue weighted by atomic mass is 16.6. The molecule has 0 saturated carbocycles. The number of nitrogens with one attached hydrogen (secondary N) is 4. The van der Waals surface area contributed by atoms with Gasteiger partial charge in [-0.05, 0) is 106 Å². The summed E-state index contributed by atoms with van der Waals surface area (Å²) in [5.41, 5.74) is -0.754. The van der Waals surface area contributed by atoms with E-state index in [9.17, 15) is 24.0 Å². The van der Waals surface area contributed by atoms with Crippen LogP contribution in [-0.4, -0.2) is 87.9 Å². The van der Waals surface area contributed by atoms with E-state index < -0.39 is 59.1 Å². The summed E-state index contributed by atoms with van der Waals surface area (Å²) in [7, 11) is 0. The standard InChI is InChI=1S/C39H57N7O8/c1-37(2,3)52-34(49)43-28(20-15-23-41-33(44-35(50)53-38(4,5)6)45-36(51)54-39(7,8)9)32(48)46-24-16-21-30(46)31(47)42-29(26-17-11-10-12-18-26)25-27-19-13-14-22-40-27/h10-14,17-19,22,28-30H,15-16,20-21,23-25H2,1-9H3,(H,42,47)(H,43,49)(H2,41,44,45,50,51)/t28-,29-,30-/m0/s1. The minimum absolute atomic E-state index is 0.118.